The summed E-state index contributed by atoms with van der Waals surface area (Å²) in [4.78, 5) is 15.8. The first-order valence-electron chi connectivity index (χ1n) is 11.3. The number of nitrogen functional groups attached to an aromatic ring is 1. The Morgan fingerprint density at radius 2 is 2.00 bits per heavy atom. The Hall–Kier alpha value is -3.92. The van der Waals surface area contributed by atoms with Gasteiger partial charge in [0.05, 0.1) is 23.2 Å². The molecule has 1 atom stereocenters. The zero-order valence-electron chi connectivity index (χ0n) is 18.8. The van der Waals surface area contributed by atoms with Crippen molar-refractivity contribution in [3.63, 3.8) is 0 Å². The number of nitrogens with one attached hydrogen (secondary N) is 2. The summed E-state index contributed by atoms with van der Waals surface area (Å²) < 4.78 is 15.6. The van der Waals surface area contributed by atoms with Crippen LogP contribution in [0.1, 0.15) is 13.3 Å². The van der Waals surface area contributed by atoms with Crippen molar-refractivity contribution in [2.75, 3.05) is 40.9 Å². The van der Waals surface area contributed by atoms with Crippen LogP contribution in [0.4, 0.5) is 27.5 Å². The highest BCUT2D eigenvalue weighted by molar-refractivity contribution is 5.85. The SMILES string of the molecule is CCC(CNc1nc(N2CC(O)C2)nc2c1ncn2-c1cccc(F)c1)Nc1ccccc1N. The predicted molar refractivity (Wildman–Crippen MR) is 132 cm³/mol. The molecule has 0 radical (unpaired) electrons. The third-order valence-electron chi connectivity index (χ3n) is 5.94. The van der Waals surface area contributed by atoms with Crippen molar-refractivity contribution in [2.45, 2.75) is 25.5 Å². The number of halogens is 1. The smallest absolute Gasteiger partial charge is 0.229 e. The molecule has 5 N–H and O–H groups in total. The molecule has 176 valence electrons. The zero-order chi connectivity index (χ0) is 23.7. The Morgan fingerprint density at radius 3 is 2.74 bits per heavy atom. The number of para-hydroxylation sites is 2. The molecule has 0 aliphatic carbocycles. The number of rotatable bonds is 8. The molecule has 1 saturated heterocycles. The van der Waals surface area contributed by atoms with E-state index in [-0.39, 0.29) is 11.9 Å². The lowest BCUT2D eigenvalue weighted by Gasteiger charge is -2.35. The summed E-state index contributed by atoms with van der Waals surface area (Å²) in [6.45, 7) is 3.60. The van der Waals surface area contributed by atoms with Gasteiger partial charge in [0.15, 0.2) is 17.0 Å². The Kier molecular flexibility index (Phi) is 5.89. The highest BCUT2D eigenvalue weighted by atomic mass is 19.1. The number of anilines is 4. The van der Waals surface area contributed by atoms with Gasteiger partial charge in [0.25, 0.3) is 0 Å². The Bertz CT molecular complexity index is 1300. The second-order valence-electron chi connectivity index (χ2n) is 8.42. The number of nitrogens with two attached hydrogens (primary N) is 1. The van der Waals surface area contributed by atoms with Crippen LogP contribution < -0.4 is 21.3 Å². The van der Waals surface area contributed by atoms with E-state index in [1.54, 1.807) is 23.0 Å². The fourth-order valence-electron chi connectivity index (χ4n) is 3.95. The predicted octanol–water partition coefficient (Wildman–Crippen LogP) is 3.02. The lowest BCUT2D eigenvalue weighted by Crippen LogP contribution is -2.51. The Morgan fingerprint density at radius 1 is 1.18 bits per heavy atom. The Labute approximate surface area is 196 Å². The van der Waals surface area contributed by atoms with E-state index in [1.165, 1.54) is 12.1 Å². The van der Waals surface area contributed by atoms with Crippen molar-refractivity contribution in [3.8, 4) is 5.69 Å². The summed E-state index contributed by atoms with van der Waals surface area (Å²) in [7, 11) is 0. The number of imidazole rings is 1. The van der Waals surface area contributed by atoms with Crippen LogP contribution in [0.15, 0.2) is 54.9 Å². The molecule has 0 spiro atoms. The number of aliphatic hydroxyl groups is 1. The molecule has 2 aromatic heterocycles. The fraction of sp³-hybridized carbons (Fsp3) is 0.292. The molecule has 1 aliphatic heterocycles. The minimum absolute atomic E-state index is 0.0919. The van der Waals surface area contributed by atoms with Gasteiger partial charge in [0.1, 0.15) is 12.1 Å². The topological polar surface area (TPSA) is 117 Å². The molecule has 1 unspecified atom stereocenters. The zero-order valence-corrected chi connectivity index (χ0v) is 18.8. The third-order valence-corrected chi connectivity index (χ3v) is 5.94. The van der Waals surface area contributed by atoms with E-state index < -0.39 is 6.10 Å². The minimum Gasteiger partial charge on any atom is -0.397 e. The molecular weight excluding hydrogens is 435 g/mol. The Balaban J connectivity index is 1.46. The van der Waals surface area contributed by atoms with Crippen molar-refractivity contribution in [1.82, 2.24) is 19.5 Å². The minimum atomic E-state index is -0.395. The normalized spacial score (nSPS) is 14.7. The molecule has 3 heterocycles. The van der Waals surface area contributed by atoms with Gasteiger partial charge < -0.3 is 26.4 Å². The summed E-state index contributed by atoms with van der Waals surface area (Å²) >= 11 is 0. The number of hydrogen-bond acceptors (Lipinski definition) is 8. The number of aromatic nitrogens is 4. The summed E-state index contributed by atoms with van der Waals surface area (Å²) in [5.41, 5.74) is 9.44. The molecule has 10 heteroatoms. The first-order chi connectivity index (χ1) is 16.5. The van der Waals surface area contributed by atoms with Crippen LogP contribution in [-0.4, -0.2) is 56.4 Å². The summed E-state index contributed by atoms with van der Waals surface area (Å²) in [5.74, 6) is 0.736. The van der Waals surface area contributed by atoms with Crippen molar-refractivity contribution >= 4 is 34.3 Å². The standard InChI is InChI=1S/C24H27FN8O/c1-2-16(29-20-9-4-3-8-19(20)26)11-27-22-21-23(31-24(30-22)32-12-18(34)13-32)33(14-28-21)17-7-5-6-15(25)10-17/h3-10,14,16,18,29,34H,2,11-13,26H2,1H3,(H,27,30,31). The molecule has 4 aromatic rings. The molecule has 0 bridgehead atoms. The van der Waals surface area contributed by atoms with Crippen LogP contribution in [-0.2, 0) is 0 Å². The molecular formula is C24H27FN8O. The fourth-order valence-corrected chi connectivity index (χ4v) is 3.95. The van der Waals surface area contributed by atoms with E-state index in [0.29, 0.717) is 53.9 Å². The summed E-state index contributed by atoms with van der Waals surface area (Å²) in [6.07, 6.45) is 2.08. The number of nitrogens with zero attached hydrogens (tertiary/aromatic N) is 5. The van der Waals surface area contributed by atoms with Crippen molar-refractivity contribution in [1.29, 1.82) is 0 Å². The van der Waals surface area contributed by atoms with E-state index in [0.717, 1.165) is 12.1 Å². The highest BCUT2D eigenvalue weighted by Gasteiger charge is 2.28. The van der Waals surface area contributed by atoms with Crippen molar-refractivity contribution < 1.29 is 9.50 Å². The van der Waals surface area contributed by atoms with Gasteiger partial charge in [0.2, 0.25) is 5.95 Å². The van der Waals surface area contributed by atoms with Crippen LogP contribution in [0.25, 0.3) is 16.9 Å². The van der Waals surface area contributed by atoms with Gasteiger partial charge in [-0.3, -0.25) is 4.57 Å². The monoisotopic (exact) mass is 462 g/mol. The molecule has 0 saturated carbocycles. The maximum absolute atomic E-state index is 13.9. The van der Waals surface area contributed by atoms with Crippen LogP contribution in [0.5, 0.6) is 0 Å². The van der Waals surface area contributed by atoms with Gasteiger partial charge in [-0.05, 0) is 36.8 Å². The lowest BCUT2D eigenvalue weighted by molar-refractivity contribution is 0.140. The van der Waals surface area contributed by atoms with E-state index in [1.807, 2.05) is 29.2 Å². The van der Waals surface area contributed by atoms with Gasteiger partial charge in [-0.1, -0.05) is 25.1 Å². The van der Waals surface area contributed by atoms with E-state index >= 15 is 0 Å². The number of hydrogen-bond donors (Lipinski definition) is 4. The first kappa shape index (κ1) is 21.9. The number of benzene rings is 2. The van der Waals surface area contributed by atoms with Gasteiger partial charge in [-0.2, -0.15) is 9.97 Å². The van der Waals surface area contributed by atoms with E-state index in [4.69, 9.17) is 15.7 Å². The van der Waals surface area contributed by atoms with Crippen molar-refractivity contribution in [2.24, 2.45) is 0 Å². The summed E-state index contributed by atoms with van der Waals surface area (Å²) in [5, 5.41) is 16.7. The molecule has 1 fully saturated rings. The molecule has 0 amide bonds. The molecule has 9 nitrogen and oxygen atoms in total. The maximum atomic E-state index is 13.9. The first-order valence-corrected chi connectivity index (χ1v) is 11.3. The molecule has 2 aromatic carbocycles. The average molecular weight is 463 g/mol. The van der Waals surface area contributed by atoms with Gasteiger partial charge >= 0.3 is 0 Å². The number of fused-ring (bicyclic) bond motifs is 1. The number of aliphatic hydroxyl groups excluding tert-OH is 1. The van der Waals surface area contributed by atoms with Gasteiger partial charge in [0, 0.05) is 25.7 Å². The molecule has 1 aliphatic rings. The largest absolute Gasteiger partial charge is 0.397 e. The van der Waals surface area contributed by atoms with Crippen LogP contribution in [0.3, 0.4) is 0 Å². The average Bonchev–Trinajstić information content (AvgIpc) is 3.25. The van der Waals surface area contributed by atoms with Crippen LogP contribution in [0.2, 0.25) is 0 Å². The van der Waals surface area contributed by atoms with E-state index in [9.17, 15) is 9.50 Å². The maximum Gasteiger partial charge on any atom is 0.229 e. The molecule has 5 rings (SSSR count). The van der Waals surface area contributed by atoms with Crippen molar-refractivity contribution in [3.05, 3.63) is 60.7 Å². The summed E-state index contributed by atoms with van der Waals surface area (Å²) in [6, 6.07) is 14.0. The lowest BCUT2D eigenvalue weighted by atomic mass is 10.2. The van der Waals surface area contributed by atoms with Crippen LogP contribution in [0, 0.1) is 5.82 Å². The molecule has 34 heavy (non-hydrogen) atoms. The van der Waals surface area contributed by atoms with Gasteiger partial charge in [-0.15, -0.1) is 0 Å². The quantitative estimate of drug-likeness (QED) is 0.295. The highest BCUT2D eigenvalue weighted by Crippen LogP contribution is 2.27. The van der Waals surface area contributed by atoms with E-state index in [2.05, 4.69) is 22.5 Å². The second-order valence-corrected chi connectivity index (χ2v) is 8.42. The number of β-amino-alcohol motifs (C(OH)–C–C–N with tert-alkyl or cyclic N) is 1. The third kappa shape index (κ3) is 4.32. The van der Waals surface area contributed by atoms with Crippen LogP contribution >= 0.6 is 0 Å². The second kappa shape index (κ2) is 9.14. The van der Waals surface area contributed by atoms with Gasteiger partial charge in [-0.25, -0.2) is 9.37 Å².